The van der Waals surface area contributed by atoms with Crippen molar-refractivity contribution in [3.8, 4) is 0 Å². The Balaban J connectivity index is 2.35. The van der Waals surface area contributed by atoms with Gasteiger partial charge in [-0.25, -0.2) is 4.79 Å². The number of ketones is 1. The van der Waals surface area contributed by atoms with Gasteiger partial charge in [0.15, 0.2) is 0 Å². The fraction of sp³-hybridized carbons (Fsp3) is 0.800. The Hall–Kier alpha value is -0.900. The molecule has 1 aliphatic carbocycles. The van der Waals surface area contributed by atoms with Crippen molar-refractivity contribution in [2.24, 2.45) is 11.7 Å². The molecule has 0 aromatic rings. The molecule has 1 unspecified atom stereocenters. The van der Waals surface area contributed by atoms with Crippen molar-refractivity contribution in [3.05, 3.63) is 0 Å². The Morgan fingerprint density at radius 2 is 1.86 bits per heavy atom. The van der Waals surface area contributed by atoms with Gasteiger partial charge >= 0.3 is 5.97 Å². The molecule has 14 heavy (non-hydrogen) atoms. The maximum atomic E-state index is 11.0. The molecule has 1 saturated carbocycles. The zero-order valence-electron chi connectivity index (χ0n) is 8.24. The molecule has 0 aliphatic heterocycles. The van der Waals surface area contributed by atoms with Crippen molar-refractivity contribution in [2.45, 2.75) is 44.6 Å². The van der Waals surface area contributed by atoms with Gasteiger partial charge in [-0.1, -0.05) is 32.1 Å². The number of Topliss-reactive ketones (excluding diaryl/α,β-unsaturated/α-hetero) is 1. The molecule has 0 saturated heterocycles. The van der Waals surface area contributed by atoms with E-state index in [-0.39, 0.29) is 0 Å². The van der Waals surface area contributed by atoms with Crippen LogP contribution in [0.5, 0.6) is 0 Å². The third kappa shape index (κ3) is 3.10. The van der Waals surface area contributed by atoms with Crippen molar-refractivity contribution in [3.63, 3.8) is 0 Å². The van der Waals surface area contributed by atoms with Crippen molar-refractivity contribution < 1.29 is 14.7 Å². The summed E-state index contributed by atoms with van der Waals surface area (Å²) in [5.41, 5.74) is 5.52. The Morgan fingerprint density at radius 3 is 2.36 bits per heavy atom. The summed E-state index contributed by atoms with van der Waals surface area (Å²) in [5, 5.41) is 8.45. The van der Waals surface area contributed by atoms with Crippen molar-refractivity contribution in [2.75, 3.05) is 0 Å². The lowest BCUT2D eigenvalue weighted by molar-refractivity contribution is -0.149. The number of carboxylic acid groups (broad SMARTS) is 1. The minimum atomic E-state index is -1.41. The highest BCUT2D eigenvalue weighted by Gasteiger charge is 2.25. The Morgan fingerprint density at radius 1 is 1.29 bits per heavy atom. The number of aliphatic carboxylic acids is 1. The number of carboxylic acids is 1. The monoisotopic (exact) mass is 199 g/mol. The third-order valence-corrected chi connectivity index (χ3v) is 2.86. The number of nitrogens with two attached hydrogens (primary N) is 1. The van der Waals surface area contributed by atoms with Gasteiger partial charge in [0.2, 0.25) is 0 Å². The molecule has 4 nitrogen and oxygen atoms in total. The van der Waals surface area contributed by atoms with E-state index in [4.69, 9.17) is 10.8 Å². The van der Waals surface area contributed by atoms with E-state index in [1.165, 1.54) is 19.3 Å². The maximum Gasteiger partial charge on any atom is 0.373 e. The van der Waals surface area contributed by atoms with Crippen LogP contribution in [0.15, 0.2) is 0 Å². The number of carbonyl (C=O) groups excluding carboxylic acids is 1. The lowest BCUT2D eigenvalue weighted by atomic mass is 9.84. The minimum absolute atomic E-state index is 0.446. The molecule has 0 amide bonds. The first-order valence-corrected chi connectivity index (χ1v) is 5.14. The molecule has 3 N–H and O–H groups in total. The first-order valence-electron chi connectivity index (χ1n) is 5.14. The van der Waals surface area contributed by atoms with Crippen molar-refractivity contribution in [1.82, 2.24) is 0 Å². The molecule has 80 valence electrons. The van der Waals surface area contributed by atoms with E-state index in [9.17, 15) is 9.59 Å². The van der Waals surface area contributed by atoms with Gasteiger partial charge in [0.1, 0.15) is 0 Å². The zero-order valence-corrected chi connectivity index (χ0v) is 8.24. The number of hydrogen-bond acceptors (Lipinski definition) is 3. The molecule has 1 aliphatic rings. The molecule has 0 aromatic heterocycles. The summed E-state index contributed by atoms with van der Waals surface area (Å²) < 4.78 is 0. The molecule has 1 fully saturated rings. The molecule has 0 aromatic carbocycles. The highest BCUT2D eigenvalue weighted by molar-refractivity contribution is 6.34. The van der Waals surface area contributed by atoms with Gasteiger partial charge in [0.25, 0.3) is 5.78 Å². The quantitative estimate of drug-likeness (QED) is 0.660. The van der Waals surface area contributed by atoms with Crippen LogP contribution in [-0.2, 0) is 9.59 Å². The highest BCUT2D eigenvalue weighted by atomic mass is 16.4. The zero-order chi connectivity index (χ0) is 10.6. The number of carbonyl (C=O) groups is 2. The smallest absolute Gasteiger partial charge is 0.373 e. The molecular weight excluding hydrogens is 182 g/mol. The van der Waals surface area contributed by atoms with E-state index in [0.717, 1.165) is 12.8 Å². The van der Waals surface area contributed by atoms with E-state index in [2.05, 4.69) is 0 Å². The summed E-state index contributed by atoms with van der Waals surface area (Å²) in [6.45, 7) is 0. The lowest BCUT2D eigenvalue weighted by Crippen LogP contribution is -2.37. The van der Waals surface area contributed by atoms with Crippen LogP contribution in [0.3, 0.4) is 0 Å². The average Bonchev–Trinajstić information content (AvgIpc) is 2.18. The Bertz CT molecular complexity index is 221. The van der Waals surface area contributed by atoms with Crippen LogP contribution in [0, 0.1) is 5.92 Å². The molecular formula is C10H17NO3. The van der Waals surface area contributed by atoms with Crippen LogP contribution >= 0.6 is 0 Å². The van der Waals surface area contributed by atoms with Gasteiger partial charge in [0.05, 0.1) is 6.04 Å². The summed E-state index contributed by atoms with van der Waals surface area (Å²) >= 11 is 0. The van der Waals surface area contributed by atoms with Crippen molar-refractivity contribution in [1.29, 1.82) is 0 Å². The minimum Gasteiger partial charge on any atom is -0.475 e. The molecule has 0 heterocycles. The summed E-state index contributed by atoms with van der Waals surface area (Å²) in [6.07, 6.45) is 6.31. The topological polar surface area (TPSA) is 80.4 Å². The Labute approximate surface area is 83.5 Å². The van der Waals surface area contributed by atoms with Gasteiger partial charge in [-0.3, -0.25) is 4.79 Å². The normalized spacial score (nSPS) is 20.4. The van der Waals surface area contributed by atoms with Gasteiger partial charge in [-0.15, -0.1) is 0 Å². The largest absolute Gasteiger partial charge is 0.475 e. The predicted molar refractivity (Wildman–Crippen MR) is 51.8 cm³/mol. The van der Waals surface area contributed by atoms with Crippen LogP contribution in [0.4, 0.5) is 0 Å². The van der Waals surface area contributed by atoms with Crippen LogP contribution in [-0.4, -0.2) is 22.9 Å². The van der Waals surface area contributed by atoms with E-state index >= 15 is 0 Å². The van der Waals surface area contributed by atoms with Crippen LogP contribution in [0.25, 0.3) is 0 Å². The lowest BCUT2D eigenvalue weighted by Gasteiger charge is -2.23. The molecule has 0 spiro atoms. The predicted octanol–water partition coefficient (Wildman–Crippen LogP) is 0.938. The summed E-state index contributed by atoms with van der Waals surface area (Å²) in [4.78, 5) is 21.3. The number of rotatable bonds is 4. The van der Waals surface area contributed by atoms with Crippen LogP contribution < -0.4 is 5.73 Å². The molecule has 1 rings (SSSR count). The van der Waals surface area contributed by atoms with Gasteiger partial charge in [-0.05, 0) is 12.3 Å². The van der Waals surface area contributed by atoms with Crippen LogP contribution in [0.1, 0.15) is 38.5 Å². The van der Waals surface area contributed by atoms with Gasteiger partial charge in [-0.2, -0.15) is 0 Å². The standard InChI is InChI=1S/C10H17NO3/c11-8(9(12)10(13)14)6-7-4-2-1-3-5-7/h7-8H,1-6,11H2,(H,13,14). The second kappa shape index (κ2) is 5.10. The van der Waals surface area contributed by atoms with E-state index in [1.807, 2.05) is 0 Å². The average molecular weight is 199 g/mol. The van der Waals surface area contributed by atoms with Crippen molar-refractivity contribution >= 4 is 11.8 Å². The number of hydrogen-bond donors (Lipinski definition) is 2. The Kier molecular flexibility index (Phi) is 4.07. The summed E-state index contributed by atoms with van der Waals surface area (Å²) in [7, 11) is 0. The summed E-state index contributed by atoms with van der Waals surface area (Å²) in [5.74, 6) is -1.81. The molecule has 1 atom stereocenters. The third-order valence-electron chi connectivity index (χ3n) is 2.86. The second-order valence-electron chi connectivity index (χ2n) is 4.02. The van der Waals surface area contributed by atoms with Gasteiger partial charge < -0.3 is 10.8 Å². The fourth-order valence-electron chi connectivity index (χ4n) is 2.05. The summed E-state index contributed by atoms with van der Waals surface area (Å²) in [6, 6.07) is -0.810. The molecule has 0 bridgehead atoms. The second-order valence-corrected chi connectivity index (χ2v) is 4.02. The van der Waals surface area contributed by atoms with E-state index in [0.29, 0.717) is 12.3 Å². The fourth-order valence-corrected chi connectivity index (χ4v) is 2.05. The van der Waals surface area contributed by atoms with E-state index < -0.39 is 17.8 Å². The first-order chi connectivity index (χ1) is 6.61. The molecule has 0 radical (unpaired) electrons. The van der Waals surface area contributed by atoms with Crippen LogP contribution in [0.2, 0.25) is 0 Å². The molecule has 4 heteroatoms. The maximum absolute atomic E-state index is 11.0. The highest BCUT2D eigenvalue weighted by Crippen LogP contribution is 2.26. The SMILES string of the molecule is NC(CC1CCCCC1)C(=O)C(=O)O. The first kappa shape index (κ1) is 11.2. The van der Waals surface area contributed by atoms with Gasteiger partial charge in [0, 0.05) is 0 Å². The van der Waals surface area contributed by atoms with E-state index in [1.54, 1.807) is 0 Å².